The molecule has 0 heterocycles. The molecule has 132 valence electrons. The van der Waals surface area contributed by atoms with Gasteiger partial charge >= 0.3 is 0 Å². The molecule has 0 radical (unpaired) electrons. The minimum Gasteiger partial charge on any atom is -0.0689 e. The third kappa shape index (κ3) is 7.46. The van der Waals surface area contributed by atoms with E-state index in [0.29, 0.717) is 0 Å². The molecule has 0 nitrogen and oxygen atoms in total. The zero-order valence-corrected chi connectivity index (χ0v) is 16.0. The van der Waals surface area contributed by atoms with Crippen LogP contribution in [0.1, 0.15) is 61.8 Å². The normalized spacial score (nSPS) is 10.1. The van der Waals surface area contributed by atoms with Crippen molar-refractivity contribution in [3.8, 4) is 23.7 Å². The molecule has 0 fully saturated rings. The molecular formula is C26H28. The number of hydrogen-bond donors (Lipinski definition) is 0. The largest absolute Gasteiger partial charge is 0.0689 e. The van der Waals surface area contributed by atoms with Gasteiger partial charge in [0.1, 0.15) is 0 Å². The van der Waals surface area contributed by atoms with E-state index in [-0.39, 0.29) is 0 Å². The van der Waals surface area contributed by atoms with Crippen LogP contribution in [0.5, 0.6) is 0 Å². The van der Waals surface area contributed by atoms with Gasteiger partial charge in [0, 0.05) is 11.1 Å². The minimum atomic E-state index is 1.04. The number of aryl methyl sites for hydroxylation is 2. The van der Waals surface area contributed by atoms with Crippen LogP contribution >= 0.6 is 0 Å². The van der Waals surface area contributed by atoms with Crippen molar-refractivity contribution in [1.82, 2.24) is 0 Å². The van der Waals surface area contributed by atoms with Gasteiger partial charge in [-0.05, 0) is 66.8 Å². The second-order valence-corrected chi connectivity index (χ2v) is 6.47. The van der Waals surface area contributed by atoms with Crippen LogP contribution in [0, 0.1) is 23.7 Å². The first-order valence-electron chi connectivity index (χ1n) is 9.67. The van der Waals surface area contributed by atoms with Crippen molar-refractivity contribution < 1.29 is 0 Å². The van der Waals surface area contributed by atoms with Gasteiger partial charge in [-0.3, -0.25) is 0 Å². The second kappa shape index (κ2) is 11.8. The molecule has 0 N–H and O–H groups in total. The summed E-state index contributed by atoms with van der Waals surface area (Å²) in [6.45, 7) is 4.43. The first kappa shape index (κ1) is 19.6. The van der Waals surface area contributed by atoms with Crippen molar-refractivity contribution >= 4 is 0 Å². The van der Waals surface area contributed by atoms with E-state index in [1.165, 1.54) is 36.8 Å². The predicted molar refractivity (Wildman–Crippen MR) is 113 cm³/mol. The van der Waals surface area contributed by atoms with Crippen LogP contribution in [-0.4, -0.2) is 0 Å². The highest BCUT2D eigenvalue weighted by atomic mass is 14.0. The molecule has 0 saturated carbocycles. The van der Waals surface area contributed by atoms with Crippen LogP contribution in [0.25, 0.3) is 0 Å². The summed E-state index contributed by atoms with van der Waals surface area (Å²) in [6, 6.07) is 17.1. The van der Waals surface area contributed by atoms with Crippen molar-refractivity contribution in [2.24, 2.45) is 0 Å². The molecule has 2 aromatic rings. The summed E-state index contributed by atoms with van der Waals surface area (Å²) in [4.78, 5) is 0. The Morgan fingerprint density at radius 2 is 1.12 bits per heavy atom. The average molecular weight is 341 g/mol. The highest BCUT2D eigenvalue weighted by Gasteiger charge is 1.93. The summed E-state index contributed by atoms with van der Waals surface area (Å²) in [5, 5.41) is 0. The summed E-state index contributed by atoms with van der Waals surface area (Å²) in [6.07, 6.45) is 10.9. The highest BCUT2D eigenvalue weighted by Crippen LogP contribution is 2.08. The molecule has 0 atom stereocenters. The van der Waals surface area contributed by atoms with Crippen molar-refractivity contribution in [3.05, 3.63) is 82.9 Å². The van der Waals surface area contributed by atoms with E-state index in [9.17, 15) is 0 Å². The maximum atomic E-state index is 3.15. The van der Waals surface area contributed by atoms with Gasteiger partial charge in [0.25, 0.3) is 0 Å². The molecule has 0 aliphatic carbocycles. The first-order valence-corrected chi connectivity index (χ1v) is 9.67. The number of benzene rings is 2. The molecule has 0 heteroatoms. The molecule has 0 aliphatic heterocycles. The van der Waals surface area contributed by atoms with Gasteiger partial charge in [0.2, 0.25) is 0 Å². The molecule has 0 aromatic heterocycles. The Hall–Kier alpha value is -2.70. The summed E-state index contributed by atoms with van der Waals surface area (Å²) in [5.74, 6) is 12.4. The van der Waals surface area contributed by atoms with Crippen LogP contribution < -0.4 is 0 Å². The fraction of sp³-hybridized carbons (Fsp3) is 0.308. The SMILES string of the molecule is CCCCCc1ccc(C#C/C=C/C#Cc2ccc(CCC)cc2)cc1. The quantitative estimate of drug-likeness (QED) is 0.426. The second-order valence-electron chi connectivity index (χ2n) is 6.47. The van der Waals surface area contributed by atoms with Crippen molar-refractivity contribution in [2.75, 3.05) is 0 Å². The molecule has 2 rings (SSSR count). The lowest BCUT2D eigenvalue weighted by Gasteiger charge is -2.00. The van der Waals surface area contributed by atoms with Gasteiger partial charge in [-0.15, -0.1) is 0 Å². The number of rotatable bonds is 6. The summed E-state index contributed by atoms with van der Waals surface area (Å²) >= 11 is 0. The van der Waals surface area contributed by atoms with Gasteiger partial charge in [-0.1, -0.05) is 81.1 Å². The zero-order valence-electron chi connectivity index (χ0n) is 16.0. The van der Waals surface area contributed by atoms with Gasteiger partial charge in [0.05, 0.1) is 0 Å². The Morgan fingerprint density at radius 3 is 1.58 bits per heavy atom. The van der Waals surface area contributed by atoms with Crippen LogP contribution in [0.15, 0.2) is 60.7 Å². The van der Waals surface area contributed by atoms with E-state index in [1.54, 1.807) is 0 Å². The van der Waals surface area contributed by atoms with Gasteiger partial charge in [-0.2, -0.15) is 0 Å². The van der Waals surface area contributed by atoms with Crippen LogP contribution in [0.3, 0.4) is 0 Å². The number of hydrogen-bond acceptors (Lipinski definition) is 0. The van der Waals surface area contributed by atoms with E-state index in [4.69, 9.17) is 0 Å². The van der Waals surface area contributed by atoms with Crippen molar-refractivity contribution in [1.29, 1.82) is 0 Å². The minimum absolute atomic E-state index is 1.04. The Balaban J connectivity index is 1.84. The molecule has 0 amide bonds. The first-order chi connectivity index (χ1) is 12.8. The Kier molecular flexibility index (Phi) is 8.89. The molecule has 0 unspecified atom stereocenters. The van der Waals surface area contributed by atoms with Crippen LogP contribution in [0.2, 0.25) is 0 Å². The fourth-order valence-electron chi connectivity index (χ4n) is 2.71. The standard InChI is InChI=1S/C26H28/c1-3-5-8-12-24-19-21-26(22-20-24)14-10-7-6-9-13-25-17-15-23(11-4-2)16-18-25/h6-7,15-22H,3-5,8,11-12H2,1-2H3/b7-6+. The van der Waals surface area contributed by atoms with Crippen molar-refractivity contribution in [3.63, 3.8) is 0 Å². The van der Waals surface area contributed by atoms with Gasteiger partial charge in [-0.25, -0.2) is 0 Å². The Labute approximate surface area is 159 Å². The Bertz CT molecular complexity index is 797. The summed E-state index contributed by atoms with van der Waals surface area (Å²) in [5.41, 5.74) is 4.86. The van der Waals surface area contributed by atoms with Crippen LogP contribution in [-0.2, 0) is 12.8 Å². The maximum absolute atomic E-state index is 3.15. The highest BCUT2D eigenvalue weighted by molar-refractivity contribution is 5.42. The average Bonchev–Trinajstić information content (AvgIpc) is 2.67. The summed E-state index contributed by atoms with van der Waals surface area (Å²) < 4.78 is 0. The Morgan fingerprint density at radius 1 is 0.615 bits per heavy atom. The maximum Gasteiger partial charge on any atom is 0.0249 e. The monoisotopic (exact) mass is 340 g/mol. The van der Waals surface area contributed by atoms with E-state index < -0.39 is 0 Å². The molecule has 0 saturated heterocycles. The molecule has 0 aliphatic rings. The van der Waals surface area contributed by atoms with Gasteiger partial charge < -0.3 is 0 Å². The van der Waals surface area contributed by atoms with Gasteiger partial charge in [0.15, 0.2) is 0 Å². The molecular weight excluding hydrogens is 312 g/mol. The van der Waals surface area contributed by atoms with E-state index in [0.717, 1.165) is 24.0 Å². The number of unbranched alkanes of at least 4 members (excludes halogenated alkanes) is 2. The van der Waals surface area contributed by atoms with E-state index in [1.807, 2.05) is 12.2 Å². The fourth-order valence-corrected chi connectivity index (χ4v) is 2.71. The smallest absolute Gasteiger partial charge is 0.0249 e. The third-order valence-electron chi connectivity index (χ3n) is 4.20. The molecule has 0 bridgehead atoms. The topological polar surface area (TPSA) is 0 Å². The lowest BCUT2D eigenvalue weighted by Crippen LogP contribution is -1.85. The third-order valence-corrected chi connectivity index (χ3v) is 4.20. The summed E-state index contributed by atoms with van der Waals surface area (Å²) in [7, 11) is 0. The lowest BCUT2D eigenvalue weighted by atomic mass is 10.1. The van der Waals surface area contributed by atoms with Crippen molar-refractivity contribution in [2.45, 2.75) is 52.4 Å². The van der Waals surface area contributed by atoms with Crippen LogP contribution in [0.4, 0.5) is 0 Å². The van der Waals surface area contributed by atoms with E-state index >= 15 is 0 Å². The molecule has 2 aromatic carbocycles. The molecule has 26 heavy (non-hydrogen) atoms. The van der Waals surface area contributed by atoms with E-state index in [2.05, 4.69) is 86.1 Å². The molecule has 0 spiro atoms. The predicted octanol–water partition coefficient (Wildman–Crippen LogP) is 6.33. The zero-order chi connectivity index (χ0) is 18.5. The number of allylic oxidation sites excluding steroid dienone is 2. The lowest BCUT2D eigenvalue weighted by molar-refractivity contribution is 0.717.